The molecule has 9 heteroatoms. The molecule has 0 saturated carbocycles. The third kappa shape index (κ3) is 3.10. The number of hydrogen-bond donors (Lipinski definition) is 1. The molecule has 0 bridgehead atoms. The Kier molecular flexibility index (Phi) is 4.03. The summed E-state index contributed by atoms with van der Waals surface area (Å²) in [4.78, 5) is 4.23. The number of halogens is 4. The van der Waals surface area contributed by atoms with Crippen molar-refractivity contribution in [2.24, 2.45) is 0 Å². The van der Waals surface area contributed by atoms with Crippen LogP contribution in [0, 0.1) is 5.82 Å². The molecule has 0 amide bonds. The smallest absolute Gasteiger partial charge is 0.325 e. The predicted octanol–water partition coefficient (Wildman–Crippen LogP) is 3.06. The summed E-state index contributed by atoms with van der Waals surface area (Å²) in [5.41, 5.74) is 0.565. The quantitative estimate of drug-likeness (QED) is 0.726. The van der Waals surface area contributed by atoms with Crippen molar-refractivity contribution in [2.45, 2.75) is 25.8 Å². The van der Waals surface area contributed by atoms with E-state index in [4.69, 9.17) is 0 Å². The minimum absolute atomic E-state index is 0.150. The highest BCUT2D eigenvalue weighted by Gasteiger charge is 2.33. The fraction of sp³-hybridized carbons (Fsp3) is 0.294. The van der Waals surface area contributed by atoms with E-state index in [1.165, 1.54) is 6.20 Å². The van der Waals surface area contributed by atoms with E-state index in [1.54, 1.807) is 10.8 Å². The monoisotopic (exact) mass is 365 g/mol. The first-order valence-corrected chi connectivity index (χ1v) is 8.06. The summed E-state index contributed by atoms with van der Waals surface area (Å²) in [6, 6.07) is 4.36. The van der Waals surface area contributed by atoms with Crippen LogP contribution in [0.15, 0.2) is 36.7 Å². The van der Waals surface area contributed by atoms with E-state index >= 15 is 0 Å². The Hall–Kier alpha value is -2.68. The van der Waals surface area contributed by atoms with Crippen LogP contribution in [0.4, 0.5) is 17.6 Å². The van der Waals surface area contributed by atoms with Crippen molar-refractivity contribution >= 4 is 0 Å². The number of benzene rings is 1. The Bertz CT molecular complexity index is 918. The normalized spacial score (nSPS) is 14.5. The van der Waals surface area contributed by atoms with Gasteiger partial charge in [0.1, 0.15) is 11.5 Å². The van der Waals surface area contributed by atoms with Gasteiger partial charge >= 0.3 is 6.18 Å². The second kappa shape index (κ2) is 6.24. The second-order valence-electron chi connectivity index (χ2n) is 6.10. The summed E-state index contributed by atoms with van der Waals surface area (Å²) in [6.45, 7) is 2.05. The summed E-state index contributed by atoms with van der Waals surface area (Å²) < 4.78 is 56.6. The standard InChI is InChI=1S/C17H15F4N5/c18-12-1-2-14(17(19,20)21)11(7-12)10-25-5-4-23-16(25)15-8-13-9-22-3-6-26(13)24-15/h1-2,4-5,7-8,22H,3,6,9-10H2. The maximum atomic E-state index is 13.5. The Labute approximate surface area is 146 Å². The van der Waals surface area contributed by atoms with Crippen molar-refractivity contribution in [1.82, 2.24) is 24.6 Å². The molecular weight excluding hydrogens is 350 g/mol. The van der Waals surface area contributed by atoms with Gasteiger partial charge in [-0.1, -0.05) is 0 Å². The molecule has 0 fully saturated rings. The largest absolute Gasteiger partial charge is 0.416 e. The highest BCUT2D eigenvalue weighted by molar-refractivity contribution is 5.51. The zero-order valence-electron chi connectivity index (χ0n) is 13.6. The van der Waals surface area contributed by atoms with Crippen molar-refractivity contribution in [1.29, 1.82) is 0 Å². The molecule has 3 heterocycles. The Morgan fingerprint density at radius 2 is 2.04 bits per heavy atom. The first-order valence-electron chi connectivity index (χ1n) is 8.06. The predicted molar refractivity (Wildman–Crippen MR) is 85.7 cm³/mol. The van der Waals surface area contributed by atoms with Crippen molar-refractivity contribution < 1.29 is 17.6 Å². The van der Waals surface area contributed by atoms with Gasteiger partial charge in [0.15, 0.2) is 5.82 Å². The third-order valence-electron chi connectivity index (χ3n) is 4.33. The number of nitrogens with one attached hydrogen (secondary N) is 1. The number of fused-ring (bicyclic) bond motifs is 1. The van der Waals surface area contributed by atoms with E-state index in [0.29, 0.717) is 18.1 Å². The van der Waals surface area contributed by atoms with Crippen LogP contribution in [0.3, 0.4) is 0 Å². The molecular formula is C17H15F4N5. The van der Waals surface area contributed by atoms with Gasteiger partial charge in [-0.2, -0.15) is 18.3 Å². The molecule has 5 nitrogen and oxygen atoms in total. The zero-order valence-corrected chi connectivity index (χ0v) is 13.6. The SMILES string of the molecule is Fc1ccc(C(F)(F)F)c(Cn2ccnc2-c2cc3n(n2)CCNC3)c1. The van der Waals surface area contributed by atoms with E-state index in [-0.39, 0.29) is 12.1 Å². The van der Waals surface area contributed by atoms with Gasteiger partial charge in [0.25, 0.3) is 0 Å². The van der Waals surface area contributed by atoms with Gasteiger partial charge < -0.3 is 9.88 Å². The van der Waals surface area contributed by atoms with Crippen molar-refractivity contribution in [2.75, 3.05) is 6.54 Å². The fourth-order valence-electron chi connectivity index (χ4n) is 3.13. The van der Waals surface area contributed by atoms with Crippen LogP contribution >= 0.6 is 0 Å². The maximum Gasteiger partial charge on any atom is 0.416 e. The van der Waals surface area contributed by atoms with Crippen LogP contribution in [0.5, 0.6) is 0 Å². The molecule has 26 heavy (non-hydrogen) atoms. The maximum absolute atomic E-state index is 13.5. The number of rotatable bonds is 3. The van der Waals surface area contributed by atoms with E-state index in [2.05, 4.69) is 15.4 Å². The number of hydrogen-bond acceptors (Lipinski definition) is 3. The number of imidazole rings is 1. The lowest BCUT2D eigenvalue weighted by Gasteiger charge is -2.14. The van der Waals surface area contributed by atoms with Crippen LogP contribution in [-0.4, -0.2) is 25.9 Å². The van der Waals surface area contributed by atoms with Crippen LogP contribution in [0.25, 0.3) is 11.5 Å². The summed E-state index contributed by atoms with van der Waals surface area (Å²) in [6.07, 6.45) is -1.49. The molecule has 0 aliphatic carbocycles. The van der Waals surface area contributed by atoms with Gasteiger partial charge in [-0.25, -0.2) is 9.37 Å². The minimum atomic E-state index is -4.55. The van der Waals surface area contributed by atoms with Crippen molar-refractivity contribution in [3.8, 4) is 11.5 Å². The fourth-order valence-corrected chi connectivity index (χ4v) is 3.13. The second-order valence-corrected chi connectivity index (χ2v) is 6.10. The Morgan fingerprint density at radius 3 is 2.81 bits per heavy atom. The molecule has 136 valence electrons. The molecule has 3 aromatic rings. The number of nitrogens with zero attached hydrogens (tertiary/aromatic N) is 4. The molecule has 4 rings (SSSR count). The lowest BCUT2D eigenvalue weighted by molar-refractivity contribution is -0.138. The Balaban J connectivity index is 1.71. The molecule has 0 atom stereocenters. The van der Waals surface area contributed by atoms with Gasteiger partial charge in [-0.15, -0.1) is 0 Å². The van der Waals surface area contributed by atoms with E-state index in [9.17, 15) is 17.6 Å². The van der Waals surface area contributed by atoms with E-state index in [0.717, 1.165) is 37.0 Å². The Morgan fingerprint density at radius 1 is 1.19 bits per heavy atom. The summed E-state index contributed by atoms with van der Waals surface area (Å²) in [5, 5.41) is 7.71. The van der Waals surface area contributed by atoms with Crippen LogP contribution in [-0.2, 0) is 25.8 Å². The van der Waals surface area contributed by atoms with Crippen LogP contribution in [0.2, 0.25) is 0 Å². The number of alkyl halides is 3. The number of aromatic nitrogens is 4. The van der Waals surface area contributed by atoms with Crippen molar-refractivity contribution in [3.05, 3.63) is 59.3 Å². The molecule has 1 aliphatic rings. The molecule has 1 aliphatic heterocycles. The highest BCUT2D eigenvalue weighted by atomic mass is 19.4. The highest BCUT2D eigenvalue weighted by Crippen LogP contribution is 2.33. The first kappa shape index (κ1) is 16.8. The summed E-state index contributed by atoms with van der Waals surface area (Å²) >= 11 is 0. The molecule has 0 unspecified atom stereocenters. The summed E-state index contributed by atoms with van der Waals surface area (Å²) in [7, 11) is 0. The van der Waals surface area contributed by atoms with Crippen molar-refractivity contribution in [3.63, 3.8) is 0 Å². The van der Waals surface area contributed by atoms with Gasteiger partial charge in [-0.05, 0) is 29.8 Å². The van der Waals surface area contributed by atoms with E-state index < -0.39 is 17.6 Å². The van der Waals surface area contributed by atoms with Gasteiger partial charge in [0, 0.05) is 32.0 Å². The molecule has 1 aromatic carbocycles. The van der Waals surface area contributed by atoms with Gasteiger partial charge in [0.2, 0.25) is 0 Å². The molecule has 0 radical (unpaired) electrons. The molecule has 1 N–H and O–H groups in total. The van der Waals surface area contributed by atoms with E-state index in [1.807, 2.05) is 10.7 Å². The molecule has 0 saturated heterocycles. The zero-order chi connectivity index (χ0) is 18.3. The first-order chi connectivity index (χ1) is 12.4. The van der Waals surface area contributed by atoms with Gasteiger partial charge in [0.05, 0.1) is 17.8 Å². The lowest BCUT2D eigenvalue weighted by atomic mass is 10.1. The average molecular weight is 365 g/mol. The minimum Gasteiger partial charge on any atom is -0.325 e. The van der Waals surface area contributed by atoms with Crippen LogP contribution in [0.1, 0.15) is 16.8 Å². The summed E-state index contributed by atoms with van der Waals surface area (Å²) in [5.74, 6) is -0.262. The average Bonchev–Trinajstić information content (AvgIpc) is 3.19. The lowest BCUT2D eigenvalue weighted by Crippen LogP contribution is -2.28. The van der Waals surface area contributed by atoms with Crippen LogP contribution < -0.4 is 5.32 Å². The topological polar surface area (TPSA) is 47.7 Å². The molecule has 0 spiro atoms. The third-order valence-corrected chi connectivity index (χ3v) is 4.33. The molecule has 2 aromatic heterocycles. The van der Waals surface area contributed by atoms with Gasteiger partial charge in [-0.3, -0.25) is 4.68 Å².